The van der Waals surface area contributed by atoms with Gasteiger partial charge in [0.05, 0.1) is 21.7 Å². The molecular formula is C12H13Cl2NO2. The van der Waals surface area contributed by atoms with Crippen molar-refractivity contribution in [1.29, 1.82) is 0 Å². The van der Waals surface area contributed by atoms with Gasteiger partial charge in [0.15, 0.2) is 0 Å². The van der Waals surface area contributed by atoms with E-state index in [0.717, 1.165) is 12.8 Å². The van der Waals surface area contributed by atoms with E-state index in [1.807, 2.05) is 0 Å². The molecule has 0 aliphatic carbocycles. The fraction of sp³-hybridized carbons (Fsp3) is 0.417. The van der Waals surface area contributed by atoms with E-state index in [1.54, 1.807) is 23.1 Å². The summed E-state index contributed by atoms with van der Waals surface area (Å²) in [7, 11) is 0. The zero-order valence-corrected chi connectivity index (χ0v) is 10.7. The van der Waals surface area contributed by atoms with Gasteiger partial charge in [-0.25, -0.2) is 0 Å². The van der Waals surface area contributed by atoms with Gasteiger partial charge in [0.1, 0.15) is 0 Å². The minimum absolute atomic E-state index is 0.209. The van der Waals surface area contributed by atoms with Gasteiger partial charge in [-0.1, -0.05) is 29.3 Å². The number of likely N-dealkylation sites (tertiary alicyclic amines) is 1. The standard InChI is InChI=1S/C12H13Cl2NO2/c13-9-4-1-5-10(14)11(9)12(17)15-6-2-3-8(16)7-15/h1,4-5,8,16H,2-3,6-7H2/t8-/m0/s1. The molecule has 5 heteroatoms. The Labute approximate surface area is 110 Å². The molecule has 0 saturated carbocycles. The van der Waals surface area contributed by atoms with Gasteiger partial charge >= 0.3 is 0 Å². The van der Waals surface area contributed by atoms with Gasteiger partial charge in [0.25, 0.3) is 5.91 Å². The molecule has 92 valence electrons. The van der Waals surface area contributed by atoms with Gasteiger partial charge in [0, 0.05) is 13.1 Å². The molecule has 0 radical (unpaired) electrons. The molecule has 1 amide bonds. The molecule has 0 aromatic heterocycles. The summed E-state index contributed by atoms with van der Waals surface area (Å²) in [4.78, 5) is 13.8. The molecule has 2 rings (SSSR count). The molecule has 0 bridgehead atoms. The van der Waals surface area contributed by atoms with Crippen LogP contribution in [0.3, 0.4) is 0 Å². The number of rotatable bonds is 1. The molecule has 1 aromatic rings. The molecule has 3 nitrogen and oxygen atoms in total. The van der Waals surface area contributed by atoms with Crippen molar-refractivity contribution < 1.29 is 9.90 Å². The smallest absolute Gasteiger partial charge is 0.256 e. The summed E-state index contributed by atoms with van der Waals surface area (Å²) in [5, 5.41) is 10.3. The summed E-state index contributed by atoms with van der Waals surface area (Å²) in [6.45, 7) is 0.984. The number of hydrogen-bond acceptors (Lipinski definition) is 2. The second kappa shape index (κ2) is 5.25. The van der Waals surface area contributed by atoms with Crippen molar-refractivity contribution in [2.75, 3.05) is 13.1 Å². The first-order chi connectivity index (χ1) is 8.09. The van der Waals surface area contributed by atoms with E-state index in [9.17, 15) is 9.90 Å². The number of piperidine rings is 1. The van der Waals surface area contributed by atoms with Gasteiger partial charge in [-0.3, -0.25) is 4.79 Å². The number of benzene rings is 1. The maximum Gasteiger partial charge on any atom is 0.256 e. The Balaban J connectivity index is 2.24. The summed E-state index contributed by atoms with van der Waals surface area (Å²) in [6, 6.07) is 4.98. The molecule has 1 fully saturated rings. The zero-order chi connectivity index (χ0) is 12.4. The predicted octanol–water partition coefficient (Wildman–Crippen LogP) is 2.59. The van der Waals surface area contributed by atoms with Gasteiger partial charge < -0.3 is 10.0 Å². The largest absolute Gasteiger partial charge is 0.391 e. The summed E-state index contributed by atoms with van der Waals surface area (Å²) in [5.74, 6) is -0.209. The van der Waals surface area contributed by atoms with Crippen LogP contribution in [0.25, 0.3) is 0 Å². The van der Waals surface area contributed by atoms with Crippen molar-refractivity contribution in [3.8, 4) is 0 Å². The Hall–Kier alpha value is -0.770. The Morgan fingerprint density at radius 1 is 1.35 bits per heavy atom. The third-order valence-electron chi connectivity index (χ3n) is 2.86. The van der Waals surface area contributed by atoms with E-state index in [1.165, 1.54) is 0 Å². The van der Waals surface area contributed by atoms with Gasteiger partial charge in [-0.15, -0.1) is 0 Å². The lowest BCUT2D eigenvalue weighted by Crippen LogP contribution is -2.42. The molecule has 1 aliphatic heterocycles. The van der Waals surface area contributed by atoms with E-state index >= 15 is 0 Å². The van der Waals surface area contributed by atoms with Crippen LogP contribution in [0.2, 0.25) is 10.0 Å². The van der Waals surface area contributed by atoms with E-state index < -0.39 is 6.10 Å². The van der Waals surface area contributed by atoms with Gasteiger partial charge in [-0.05, 0) is 25.0 Å². The topological polar surface area (TPSA) is 40.5 Å². The van der Waals surface area contributed by atoms with Crippen molar-refractivity contribution in [3.05, 3.63) is 33.8 Å². The minimum Gasteiger partial charge on any atom is -0.391 e. The SMILES string of the molecule is O=C(c1c(Cl)cccc1Cl)N1CCC[C@H](O)C1. The first-order valence-corrected chi connectivity index (χ1v) is 6.26. The number of aliphatic hydroxyl groups excluding tert-OH is 1. The average molecular weight is 274 g/mol. The first kappa shape index (κ1) is 12.7. The maximum atomic E-state index is 12.2. The molecule has 1 N–H and O–H groups in total. The quantitative estimate of drug-likeness (QED) is 0.855. The molecule has 1 saturated heterocycles. The van der Waals surface area contributed by atoms with E-state index in [4.69, 9.17) is 23.2 Å². The van der Waals surface area contributed by atoms with Crippen LogP contribution in [-0.2, 0) is 0 Å². The fourth-order valence-corrected chi connectivity index (χ4v) is 2.56. The number of carbonyl (C=O) groups is 1. The van der Waals surface area contributed by atoms with Crippen LogP contribution in [0.4, 0.5) is 0 Å². The molecule has 0 unspecified atom stereocenters. The number of amides is 1. The van der Waals surface area contributed by atoms with Crippen molar-refractivity contribution in [2.24, 2.45) is 0 Å². The van der Waals surface area contributed by atoms with Crippen LogP contribution in [0.1, 0.15) is 23.2 Å². The van der Waals surface area contributed by atoms with Crippen LogP contribution >= 0.6 is 23.2 Å². The van der Waals surface area contributed by atoms with Crippen molar-refractivity contribution in [2.45, 2.75) is 18.9 Å². The lowest BCUT2D eigenvalue weighted by Gasteiger charge is -2.30. The Kier molecular flexibility index (Phi) is 3.92. The summed E-state index contributed by atoms with van der Waals surface area (Å²) < 4.78 is 0. The number of hydrogen-bond donors (Lipinski definition) is 1. The molecule has 17 heavy (non-hydrogen) atoms. The number of halogens is 2. The first-order valence-electron chi connectivity index (χ1n) is 5.51. The molecule has 1 aromatic carbocycles. The van der Waals surface area contributed by atoms with E-state index in [2.05, 4.69) is 0 Å². The Morgan fingerprint density at radius 2 is 2.00 bits per heavy atom. The third-order valence-corrected chi connectivity index (χ3v) is 3.49. The number of β-amino-alcohol motifs (C(OH)–C–C–N with tert-alkyl or cyclic N) is 1. The predicted molar refractivity (Wildman–Crippen MR) is 67.6 cm³/mol. The molecule has 0 spiro atoms. The highest BCUT2D eigenvalue weighted by molar-refractivity contribution is 6.39. The Morgan fingerprint density at radius 3 is 2.59 bits per heavy atom. The number of carbonyl (C=O) groups excluding carboxylic acids is 1. The van der Waals surface area contributed by atoms with E-state index in [0.29, 0.717) is 28.7 Å². The summed E-state index contributed by atoms with van der Waals surface area (Å²) in [5.41, 5.74) is 0.324. The monoisotopic (exact) mass is 273 g/mol. The van der Waals surface area contributed by atoms with Gasteiger partial charge in [0.2, 0.25) is 0 Å². The molecule has 1 atom stereocenters. The van der Waals surface area contributed by atoms with Crippen LogP contribution in [0.15, 0.2) is 18.2 Å². The molecule has 1 heterocycles. The average Bonchev–Trinajstić information content (AvgIpc) is 2.28. The van der Waals surface area contributed by atoms with Crippen LogP contribution in [-0.4, -0.2) is 35.1 Å². The Bertz CT molecular complexity index is 416. The second-order valence-corrected chi connectivity index (χ2v) is 4.96. The van der Waals surface area contributed by atoms with Crippen LogP contribution < -0.4 is 0 Å². The molecular weight excluding hydrogens is 261 g/mol. The highest BCUT2D eigenvalue weighted by Crippen LogP contribution is 2.26. The molecule has 1 aliphatic rings. The fourth-order valence-electron chi connectivity index (χ4n) is 2.00. The number of aliphatic hydroxyl groups is 1. The number of nitrogens with zero attached hydrogens (tertiary/aromatic N) is 1. The lowest BCUT2D eigenvalue weighted by atomic mass is 10.1. The highest BCUT2D eigenvalue weighted by Gasteiger charge is 2.25. The maximum absolute atomic E-state index is 12.2. The second-order valence-electron chi connectivity index (χ2n) is 4.14. The lowest BCUT2D eigenvalue weighted by molar-refractivity contribution is 0.0474. The zero-order valence-electron chi connectivity index (χ0n) is 9.20. The highest BCUT2D eigenvalue weighted by atomic mass is 35.5. The third kappa shape index (κ3) is 2.73. The van der Waals surface area contributed by atoms with Crippen molar-refractivity contribution in [3.63, 3.8) is 0 Å². The summed E-state index contributed by atoms with van der Waals surface area (Å²) in [6.07, 6.45) is 1.09. The van der Waals surface area contributed by atoms with Gasteiger partial charge in [-0.2, -0.15) is 0 Å². The van der Waals surface area contributed by atoms with Crippen LogP contribution in [0, 0.1) is 0 Å². The van der Waals surface area contributed by atoms with Crippen LogP contribution in [0.5, 0.6) is 0 Å². The van der Waals surface area contributed by atoms with E-state index in [-0.39, 0.29) is 5.91 Å². The summed E-state index contributed by atoms with van der Waals surface area (Å²) >= 11 is 12.0. The van der Waals surface area contributed by atoms with Crippen molar-refractivity contribution in [1.82, 2.24) is 4.90 Å². The normalized spacial score (nSPS) is 20.4. The van der Waals surface area contributed by atoms with Crippen molar-refractivity contribution >= 4 is 29.1 Å². The minimum atomic E-state index is -0.450.